The molecule has 0 aliphatic heterocycles. The molecule has 0 aliphatic carbocycles. The van der Waals surface area contributed by atoms with Crippen molar-refractivity contribution in [2.75, 3.05) is 6.61 Å². The third-order valence-corrected chi connectivity index (χ3v) is 1.19. The van der Waals surface area contributed by atoms with Crippen LogP contribution in [0.2, 0.25) is 0 Å². The van der Waals surface area contributed by atoms with Gasteiger partial charge in [-0.1, -0.05) is 0 Å². The van der Waals surface area contributed by atoms with Gasteiger partial charge in [-0.3, -0.25) is 4.98 Å². The van der Waals surface area contributed by atoms with Crippen molar-refractivity contribution in [2.24, 2.45) is 0 Å². The van der Waals surface area contributed by atoms with Crippen LogP contribution in [-0.4, -0.2) is 33.7 Å². The van der Waals surface area contributed by atoms with Crippen LogP contribution in [0.15, 0.2) is 12.4 Å². The van der Waals surface area contributed by atoms with Gasteiger partial charge < -0.3 is 14.8 Å². The summed E-state index contributed by atoms with van der Waals surface area (Å²) < 4.78 is 5.00. The quantitative estimate of drug-likeness (QED) is 0.540. The number of hydrogen-bond acceptors (Lipinski definition) is 5. The summed E-state index contributed by atoms with van der Waals surface area (Å²) in [5.41, 5.74) is 0.0842. The molecule has 1 aromatic heterocycles. The fraction of sp³-hybridized carbons (Fsp3) is 0.333. The molecule has 0 unspecified atom stereocenters. The fourth-order valence-electron chi connectivity index (χ4n) is 0.704. The topological polar surface area (TPSA) is 75.5 Å². The molecule has 2 N–H and O–H groups in total. The first-order chi connectivity index (χ1) is 5.74. The Morgan fingerprint density at radius 3 is 2.83 bits per heavy atom. The molecule has 0 bridgehead atoms. The van der Waals surface area contributed by atoms with Crippen molar-refractivity contribution < 1.29 is 14.8 Å². The number of ether oxygens (including phenoxy) is 1. The van der Waals surface area contributed by atoms with Crippen molar-refractivity contribution >= 4 is 12.7 Å². The number of aromatic nitrogens is 2. The van der Waals surface area contributed by atoms with E-state index in [1.54, 1.807) is 0 Å². The summed E-state index contributed by atoms with van der Waals surface area (Å²) >= 11 is 0. The molecule has 0 saturated carbocycles. The summed E-state index contributed by atoms with van der Waals surface area (Å²) in [6.45, 7) is 2.28. The van der Waals surface area contributed by atoms with Gasteiger partial charge in [0, 0.05) is 6.20 Å². The molecule has 5 nitrogen and oxygen atoms in total. The first-order valence-corrected chi connectivity index (χ1v) is 3.55. The molecule has 0 amide bonds. The molecule has 0 saturated heterocycles. The van der Waals surface area contributed by atoms with Crippen molar-refractivity contribution in [3.8, 4) is 5.88 Å². The average molecular weight is 168 g/mol. The Morgan fingerprint density at radius 1 is 1.50 bits per heavy atom. The number of nitrogens with zero attached hydrogens (tertiary/aromatic N) is 2. The molecule has 1 aromatic rings. The molecular formula is C6H9BN2O3. The second-order valence-electron chi connectivity index (χ2n) is 2.09. The van der Waals surface area contributed by atoms with E-state index in [1.807, 2.05) is 6.92 Å². The maximum atomic E-state index is 8.71. The Morgan fingerprint density at radius 2 is 2.25 bits per heavy atom. The molecule has 64 valence electrons. The average Bonchev–Trinajstić information content (AvgIpc) is 2.05. The maximum absolute atomic E-state index is 8.71. The van der Waals surface area contributed by atoms with Crippen LogP contribution in [0.1, 0.15) is 6.92 Å². The van der Waals surface area contributed by atoms with Crippen LogP contribution < -0.4 is 10.3 Å². The van der Waals surface area contributed by atoms with Crippen LogP contribution in [0.3, 0.4) is 0 Å². The predicted molar refractivity (Wildman–Crippen MR) is 43.0 cm³/mol. The Kier molecular flexibility index (Phi) is 3.01. The molecule has 0 atom stereocenters. The lowest BCUT2D eigenvalue weighted by Gasteiger charge is -2.02. The van der Waals surface area contributed by atoms with Gasteiger partial charge in [0.25, 0.3) is 0 Å². The first-order valence-electron chi connectivity index (χ1n) is 3.55. The highest BCUT2D eigenvalue weighted by Gasteiger charge is 2.13. The van der Waals surface area contributed by atoms with Crippen molar-refractivity contribution in [3.63, 3.8) is 0 Å². The van der Waals surface area contributed by atoms with Crippen LogP contribution in [0.4, 0.5) is 0 Å². The summed E-state index contributed by atoms with van der Waals surface area (Å²) in [4.78, 5) is 7.49. The van der Waals surface area contributed by atoms with E-state index in [1.165, 1.54) is 12.4 Å². The van der Waals surface area contributed by atoms with Crippen molar-refractivity contribution in [1.29, 1.82) is 0 Å². The van der Waals surface area contributed by atoms with E-state index < -0.39 is 7.12 Å². The fourth-order valence-corrected chi connectivity index (χ4v) is 0.704. The summed E-state index contributed by atoms with van der Waals surface area (Å²) in [7, 11) is -1.60. The van der Waals surface area contributed by atoms with Crippen LogP contribution >= 0.6 is 0 Å². The van der Waals surface area contributed by atoms with Gasteiger partial charge in [0.2, 0.25) is 5.88 Å². The highest BCUT2D eigenvalue weighted by atomic mass is 16.5. The molecule has 0 spiro atoms. The predicted octanol–water partition coefficient (Wildman–Crippen LogP) is -1.44. The smallest absolute Gasteiger partial charge is 0.477 e. The van der Waals surface area contributed by atoms with Gasteiger partial charge in [0.1, 0.15) is 0 Å². The van der Waals surface area contributed by atoms with Gasteiger partial charge >= 0.3 is 7.12 Å². The Bertz CT molecular complexity index is 256. The minimum Gasteiger partial charge on any atom is -0.477 e. The molecule has 0 aliphatic rings. The Hall–Kier alpha value is -1.14. The zero-order chi connectivity index (χ0) is 8.97. The molecule has 6 heteroatoms. The minimum absolute atomic E-state index is 0.0842. The zero-order valence-corrected chi connectivity index (χ0v) is 6.64. The van der Waals surface area contributed by atoms with Crippen molar-refractivity contribution in [2.45, 2.75) is 6.92 Å². The van der Waals surface area contributed by atoms with Crippen LogP contribution in [-0.2, 0) is 0 Å². The Balaban J connectivity index is 2.81. The minimum atomic E-state index is -1.60. The normalized spacial score (nSPS) is 9.58. The van der Waals surface area contributed by atoms with Gasteiger partial charge in [-0.25, -0.2) is 4.98 Å². The molecule has 1 rings (SSSR count). The van der Waals surface area contributed by atoms with Crippen LogP contribution in [0, 0.1) is 0 Å². The van der Waals surface area contributed by atoms with Crippen molar-refractivity contribution in [3.05, 3.63) is 12.4 Å². The van der Waals surface area contributed by atoms with E-state index in [9.17, 15) is 0 Å². The summed E-state index contributed by atoms with van der Waals surface area (Å²) in [5, 5.41) is 17.4. The largest absolute Gasteiger partial charge is 0.509 e. The van der Waals surface area contributed by atoms with Gasteiger partial charge in [-0.05, 0) is 6.92 Å². The molecular weight excluding hydrogens is 159 g/mol. The zero-order valence-electron chi connectivity index (χ0n) is 6.64. The number of hydrogen-bond donors (Lipinski definition) is 2. The summed E-state index contributed by atoms with van der Waals surface area (Å²) in [6, 6.07) is 0. The van der Waals surface area contributed by atoms with Gasteiger partial charge in [-0.2, -0.15) is 0 Å². The lowest BCUT2D eigenvalue weighted by atomic mass is 9.87. The van der Waals surface area contributed by atoms with Crippen LogP contribution in [0.5, 0.6) is 5.88 Å². The standard InChI is InChI=1S/C6H9BN2O3/c1-2-12-6-4-8-3-5(9-6)7(10)11/h3-4,10-11H,2H2,1H3. The van der Waals surface area contributed by atoms with Crippen LogP contribution in [0.25, 0.3) is 0 Å². The Labute approximate surface area is 70.2 Å². The van der Waals surface area contributed by atoms with E-state index in [0.717, 1.165) is 0 Å². The van der Waals surface area contributed by atoms with E-state index in [0.29, 0.717) is 12.5 Å². The SMILES string of the molecule is CCOc1cncc(B(O)O)n1. The van der Waals surface area contributed by atoms with Crippen molar-refractivity contribution in [1.82, 2.24) is 9.97 Å². The second kappa shape index (κ2) is 4.03. The van der Waals surface area contributed by atoms with Gasteiger partial charge in [-0.15, -0.1) is 0 Å². The molecule has 0 radical (unpaired) electrons. The third-order valence-electron chi connectivity index (χ3n) is 1.19. The van der Waals surface area contributed by atoms with Gasteiger partial charge in [0.05, 0.1) is 18.4 Å². The maximum Gasteiger partial charge on any atom is 0.509 e. The van der Waals surface area contributed by atoms with E-state index in [-0.39, 0.29) is 5.59 Å². The molecule has 0 fully saturated rings. The highest BCUT2D eigenvalue weighted by molar-refractivity contribution is 6.57. The first kappa shape index (κ1) is 8.96. The third kappa shape index (κ3) is 2.18. The molecule has 0 aromatic carbocycles. The molecule has 1 heterocycles. The van der Waals surface area contributed by atoms with E-state index >= 15 is 0 Å². The van der Waals surface area contributed by atoms with Gasteiger partial charge in [0.15, 0.2) is 0 Å². The van der Waals surface area contributed by atoms with E-state index in [2.05, 4.69) is 9.97 Å². The summed E-state index contributed by atoms with van der Waals surface area (Å²) in [6.07, 6.45) is 2.68. The lowest BCUT2D eigenvalue weighted by Crippen LogP contribution is -2.33. The second-order valence-corrected chi connectivity index (χ2v) is 2.09. The summed E-state index contributed by atoms with van der Waals surface area (Å²) in [5.74, 6) is 0.295. The molecule has 12 heavy (non-hydrogen) atoms. The van der Waals surface area contributed by atoms with E-state index in [4.69, 9.17) is 14.8 Å². The highest BCUT2D eigenvalue weighted by Crippen LogP contribution is 1.98. The monoisotopic (exact) mass is 168 g/mol. The lowest BCUT2D eigenvalue weighted by molar-refractivity contribution is 0.325. The number of rotatable bonds is 3.